The average Bonchev–Trinajstić information content (AvgIpc) is 3.41. The van der Waals surface area contributed by atoms with Crippen molar-refractivity contribution in [3.63, 3.8) is 0 Å². The summed E-state index contributed by atoms with van der Waals surface area (Å²) in [5.74, 6) is 0.486. The molecule has 43 heavy (non-hydrogen) atoms. The number of aromatic nitrogens is 4. The lowest BCUT2D eigenvalue weighted by Crippen LogP contribution is -2.64. The fourth-order valence-electron chi connectivity index (χ4n) is 6.54. The molecule has 3 aliphatic rings. The largest absolute Gasteiger partial charge is 0.383 e. The molecule has 1 aromatic carbocycles. The molecule has 9 nitrogen and oxygen atoms in total. The number of amidine groups is 1. The van der Waals surface area contributed by atoms with E-state index in [2.05, 4.69) is 54.3 Å². The fraction of sp³-hybridized carbons (Fsp3) is 0.303. The summed E-state index contributed by atoms with van der Waals surface area (Å²) >= 11 is 0. The monoisotopic (exact) mass is 578 g/mol. The smallest absolute Gasteiger partial charge is 0.290 e. The number of benzene rings is 1. The summed E-state index contributed by atoms with van der Waals surface area (Å²) < 4.78 is 15.1. The van der Waals surface area contributed by atoms with Gasteiger partial charge >= 0.3 is 0 Å². The Morgan fingerprint density at radius 2 is 1.77 bits per heavy atom. The van der Waals surface area contributed by atoms with Gasteiger partial charge in [0.25, 0.3) is 5.91 Å². The highest BCUT2D eigenvalue weighted by Crippen LogP contribution is 2.48. The van der Waals surface area contributed by atoms with Gasteiger partial charge in [-0.25, -0.2) is 14.4 Å². The van der Waals surface area contributed by atoms with Gasteiger partial charge in [-0.15, -0.1) is 0 Å². The van der Waals surface area contributed by atoms with Gasteiger partial charge in [-0.1, -0.05) is 40.0 Å². The van der Waals surface area contributed by atoms with Gasteiger partial charge in [0.1, 0.15) is 11.6 Å². The van der Waals surface area contributed by atoms with Gasteiger partial charge in [-0.3, -0.25) is 9.78 Å². The summed E-state index contributed by atoms with van der Waals surface area (Å²) in [5.41, 5.74) is 12.4. The van der Waals surface area contributed by atoms with E-state index in [1.54, 1.807) is 29.0 Å². The summed E-state index contributed by atoms with van der Waals surface area (Å²) in [7, 11) is 0. The molecule has 2 saturated heterocycles. The second kappa shape index (κ2) is 10.8. The fourth-order valence-corrected chi connectivity index (χ4v) is 6.54. The highest BCUT2D eigenvalue weighted by Gasteiger charge is 2.50. The Balaban J connectivity index is 1.35. The molecule has 7 rings (SSSR count). The average molecular weight is 579 g/mol. The van der Waals surface area contributed by atoms with Crippen molar-refractivity contribution in [3.8, 4) is 22.4 Å². The highest BCUT2D eigenvalue weighted by atomic mass is 19.1. The maximum absolute atomic E-state index is 13.4. The Kier molecular flexibility index (Phi) is 7.07. The van der Waals surface area contributed by atoms with Crippen LogP contribution in [0.3, 0.4) is 0 Å². The van der Waals surface area contributed by atoms with Crippen molar-refractivity contribution < 1.29 is 9.18 Å². The molecule has 2 aliphatic heterocycles. The molecule has 3 aromatic heterocycles. The van der Waals surface area contributed by atoms with E-state index >= 15 is 0 Å². The molecule has 3 N–H and O–H groups in total. The van der Waals surface area contributed by atoms with Crippen molar-refractivity contribution in [2.24, 2.45) is 4.99 Å². The first-order chi connectivity index (χ1) is 20.6. The third-order valence-electron chi connectivity index (χ3n) is 8.40. The molecule has 1 amide bonds. The molecular weight excluding hydrogens is 543 g/mol. The number of nitrogen functional groups attached to an aromatic ring is 1. The molecule has 3 fully saturated rings. The summed E-state index contributed by atoms with van der Waals surface area (Å²) in [6, 6.07) is 10.3. The normalized spacial score (nSPS) is 20.0. The SMILES string of the molecule is C=C/N=C(\NC=C)C(=O)N1C2C[C@@H](c3nc4c(-c5ccc(-c6ccc(F)cc6)nc5)cnn4c(N)c3C(C)(C)C)C[C@@H]1C2. The lowest BCUT2D eigenvalue weighted by molar-refractivity contribution is -0.142. The minimum Gasteiger partial charge on any atom is -0.383 e. The van der Waals surface area contributed by atoms with Gasteiger partial charge in [0, 0.05) is 52.7 Å². The molecule has 1 aliphatic carbocycles. The molecule has 220 valence electrons. The third kappa shape index (κ3) is 4.96. The van der Waals surface area contributed by atoms with Gasteiger partial charge in [0.05, 0.1) is 17.6 Å². The first-order valence-electron chi connectivity index (χ1n) is 14.4. The molecule has 3 atom stereocenters. The quantitative estimate of drug-likeness (QED) is 0.235. The van der Waals surface area contributed by atoms with E-state index in [0.29, 0.717) is 11.5 Å². The number of carbonyl (C=O) groups is 1. The van der Waals surface area contributed by atoms with Gasteiger partial charge in [-0.2, -0.15) is 9.61 Å². The summed E-state index contributed by atoms with van der Waals surface area (Å²) in [4.78, 5) is 29.2. The Labute approximate surface area is 250 Å². The topological polar surface area (TPSA) is 114 Å². The first-order valence-corrected chi connectivity index (χ1v) is 14.4. The van der Waals surface area contributed by atoms with Crippen LogP contribution >= 0.6 is 0 Å². The highest BCUT2D eigenvalue weighted by molar-refractivity contribution is 6.38. The maximum Gasteiger partial charge on any atom is 0.290 e. The lowest BCUT2D eigenvalue weighted by Gasteiger charge is -2.55. The van der Waals surface area contributed by atoms with Gasteiger partial charge in [-0.05, 0) is 61.2 Å². The van der Waals surface area contributed by atoms with Crippen LogP contribution in [0.25, 0.3) is 28.0 Å². The number of aliphatic imine (C=N–C) groups is 1. The summed E-state index contributed by atoms with van der Waals surface area (Å²) in [6.07, 6.45) is 8.87. The number of nitrogens with one attached hydrogen (secondary N) is 1. The van der Waals surface area contributed by atoms with Crippen molar-refractivity contribution in [1.29, 1.82) is 0 Å². The Morgan fingerprint density at radius 1 is 1.07 bits per heavy atom. The second-order valence-corrected chi connectivity index (χ2v) is 12.2. The number of hydrogen-bond acceptors (Lipinski definition) is 6. The molecular formula is C33H35FN8O. The van der Waals surface area contributed by atoms with Gasteiger partial charge in [0.2, 0.25) is 0 Å². The minimum absolute atomic E-state index is 0.0811. The zero-order valence-corrected chi connectivity index (χ0v) is 24.6. The van der Waals surface area contributed by atoms with E-state index in [4.69, 9.17) is 10.7 Å². The van der Waals surface area contributed by atoms with E-state index in [0.717, 1.165) is 52.9 Å². The number of pyridine rings is 1. The first kappa shape index (κ1) is 28.3. The standard InChI is InChI=1S/C33H35FN8O/c1-6-36-30(37-7-2)32(43)41-23-14-21(15-24(41)16-23)28-27(33(3,4)5)29(35)42-31(40-28)25(18-39-42)20-10-13-26(38-17-20)19-8-11-22(34)12-9-19/h6-13,17-18,21,23-24H,1-2,14-16,35H2,3-5H3,(H,36,37)/t21-,23+,24?/m0/s1. The Hall–Kier alpha value is -4.86. The van der Waals surface area contributed by atoms with E-state index < -0.39 is 0 Å². The molecule has 0 radical (unpaired) electrons. The molecule has 4 aromatic rings. The zero-order valence-electron chi connectivity index (χ0n) is 24.6. The van der Waals surface area contributed by atoms with Crippen LogP contribution in [-0.4, -0.2) is 48.3 Å². The number of piperidine rings is 1. The Bertz CT molecular complexity index is 1740. The number of amides is 1. The second-order valence-electron chi connectivity index (χ2n) is 12.2. The Morgan fingerprint density at radius 3 is 2.37 bits per heavy atom. The zero-order chi connectivity index (χ0) is 30.5. The molecule has 1 saturated carbocycles. The number of rotatable bonds is 5. The molecule has 10 heteroatoms. The third-order valence-corrected chi connectivity index (χ3v) is 8.40. The van der Waals surface area contributed by atoms with Crippen LogP contribution in [0.15, 0.2) is 79.3 Å². The van der Waals surface area contributed by atoms with Crippen LogP contribution < -0.4 is 11.1 Å². The molecule has 5 heterocycles. The van der Waals surface area contributed by atoms with Crippen molar-refractivity contribution >= 4 is 23.2 Å². The van der Waals surface area contributed by atoms with Crippen LogP contribution in [0.4, 0.5) is 10.2 Å². The van der Waals surface area contributed by atoms with E-state index in [1.165, 1.54) is 24.5 Å². The summed E-state index contributed by atoms with van der Waals surface area (Å²) in [5, 5.41) is 7.48. The van der Waals surface area contributed by atoms with Crippen LogP contribution in [0.2, 0.25) is 0 Å². The number of nitrogens with two attached hydrogens (primary N) is 1. The van der Waals surface area contributed by atoms with Crippen molar-refractivity contribution in [2.75, 3.05) is 5.73 Å². The summed E-state index contributed by atoms with van der Waals surface area (Å²) in [6.45, 7) is 13.7. The maximum atomic E-state index is 13.4. The minimum atomic E-state index is -0.286. The van der Waals surface area contributed by atoms with Gasteiger partial charge < -0.3 is 16.0 Å². The van der Waals surface area contributed by atoms with E-state index in [-0.39, 0.29) is 41.0 Å². The number of hydrogen-bond donors (Lipinski definition) is 2. The molecule has 0 spiro atoms. The van der Waals surface area contributed by atoms with Crippen LogP contribution in [-0.2, 0) is 10.2 Å². The number of anilines is 1. The lowest BCUT2D eigenvalue weighted by atomic mass is 9.70. The predicted molar refractivity (Wildman–Crippen MR) is 167 cm³/mol. The van der Waals surface area contributed by atoms with E-state index in [1.807, 2.05) is 17.0 Å². The van der Waals surface area contributed by atoms with Gasteiger partial charge in [0.15, 0.2) is 11.5 Å². The van der Waals surface area contributed by atoms with Crippen molar-refractivity contribution in [3.05, 3.63) is 91.4 Å². The number of fused-ring (bicyclic) bond motifs is 3. The number of nitrogens with zero attached hydrogens (tertiary/aromatic N) is 6. The van der Waals surface area contributed by atoms with Crippen molar-refractivity contribution in [2.45, 2.75) is 63.5 Å². The number of halogens is 1. The van der Waals surface area contributed by atoms with Crippen LogP contribution in [0.5, 0.6) is 0 Å². The van der Waals surface area contributed by atoms with E-state index in [9.17, 15) is 9.18 Å². The molecule has 1 unspecified atom stereocenters. The van der Waals surface area contributed by atoms with Crippen LogP contribution in [0, 0.1) is 5.82 Å². The number of carbonyl (C=O) groups excluding carboxylic acids is 1. The predicted octanol–water partition coefficient (Wildman–Crippen LogP) is 5.60. The van der Waals surface area contributed by atoms with Crippen molar-refractivity contribution in [1.82, 2.24) is 29.8 Å². The molecule has 2 bridgehead atoms. The van der Waals surface area contributed by atoms with Crippen LogP contribution in [0.1, 0.15) is 57.2 Å².